The lowest BCUT2D eigenvalue weighted by atomic mass is 9.76. The molecule has 0 spiro atoms. The second kappa shape index (κ2) is 5.64. The van der Waals surface area contributed by atoms with Crippen molar-refractivity contribution in [2.75, 3.05) is 5.32 Å². The summed E-state index contributed by atoms with van der Waals surface area (Å²) in [6, 6.07) is 14.9. The summed E-state index contributed by atoms with van der Waals surface area (Å²) in [6.45, 7) is 1.63. The van der Waals surface area contributed by atoms with Crippen LogP contribution >= 0.6 is 15.9 Å². The lowest BCUT2D eigenvalue weighted by Gasteiger charge is -2.37. The van der Waals surface area contributed by atoms with E-state index in [0.29, 0.717) is 17.9 Å². The van der Waals surface area contributed by atoms with E-state index in [1.54, 1.807) is 6.92 Å². The van der Waals surface area contributed by atoms with Crippen molar-refractivity contribution in [2.24, 2.45) is 5.92 Å². The van der Waals surface area contributed by atoms with E-state index in [9.17, 15) is 4.79 Å². The van der Waals surface area contributed by atoms with Gasteiger partial charge < -0.3 is 5.32 Å². The number of hydrogen-bond acceptors (Lipinski definition) is 2. The van der Waals surface area contributed by atoms with Gasteiger partial charge in [-0.15, -0.1) is 0 Å². The van der Waals surface area contributed by atoms with E-state index >= 15 is 0 Å². The molecule has 0 unspecified atom stereocenters. The van der Waals surface area contributed by atoms with Gasteiger partial charge >= 0.3 is 0 Å². The summed E-state index contributed by atoms with van der Waals surface area (Å²) in [5.41, 5.74) is 4.51. The lowest BCUT2D eigenvalue weighted by molar-refractivity contribution is 0.101. The van der Waals surface area contributed by atoms with Gasteiger partial charge in [0.05, 0.1) is 6.04 Å². The summed E-state index contributed by atoms with van der Waals surface area (Å²) in [6.07, 6.45) is 5.65. The zero-order valence-electron chi connectivity index (χ0n) is 12.9. The normalized spacial score (nSPS) is 24.7. The Morgan fingerprint density at radius 1 is 1.17 bits per heavy atom. The maximum Gasteiger partial charge on any atom is 0.159 e. The molecule has 0 aromatic heterocycles. The van der Waals surface area contributed by atoms with E-state index < -0.39 is 0 Å². The average molecular weight is 368 g/mol. The second-order valence-corrected chi connectivity index (χ2v) is 7.30. The van der Waals surface area contributed by atoms with Crippen LogP contribution in [0.5, 0.6) is 0 Å². The Balaban J connectivity index is 1.77. The van der Waals surface area contributed by atoms with Crippen molar-refractivity contribution >= 4 is 27.4 Å². The summed E-state index contributed by atoms with van der Waals surface area (Å²) in [4.78, 5) is 11.7. The highest BCUT2D eigenvalue weighted by atomic mass is 79.9. The quantitative estimate of drug-likeness (QED) is 0.562. The maximum absolute atomic E-state index is 11.7. The summed E-state index contributed by atoms with van der Waals surface area (Å²) >= 11 is 3.51. The first-order valence-electron chi connectivity index (χ1n) is 7.97. The number of anilines is 1. The number of carbonyl (C=O) groups is 1. The summed E-state index contributed by atoms with van der Waals surface area (Å²) in [5.74, 6) is 1.02. The number of fused-ring (bicyclic) bond motifs is 3. The number of hydrogen-bond donors (Lipinski definition) is 1. The Labute approximate surface area is 144 Å². The molecule has 2 aliphatic rings. The molecular formula is C20H18BrNO. The van der Waals surface area contributed by atoms with Gasteiger partial charge in [-0.3, -0.25) is 4.79 Å². The van der Waals surface area contributed by atoms with Gasteiger partial charge in [0.2, 0.25) is 0 Å². The highest BCUT2D eigenvalue weighted by molar-refractivity contribution is 9.10. The largest absolute Gasteiger partial charge is 0.378 e. The zero-order chi connectivity index (χ0) is 16.0. The van der Waals surface area contributed by atoms with Crippen molar-refractivity contribution in [3.8, 4) is 0 Å². The minimum atomic E-state index is 0.126. The van der Waals surface area contributed by atoms with Gasteiger partial charge in [0.1, 0.15) is 0 Å². The molecule has 1 N–H and O–H groups in total. The fraction of sp³-hybridized carbons (Fsp3) is 0.250. The Kier molecular flexibility index (Phi) is 3.61. The van der Waals surface area contributed by atoms with Crippen LogP contribution in [0.3, 0.4) is 0 Å². The zero-order valence-corrected chi connectivity index (χ0v) is 14.5. The molecule has 3 heteroatoms. The third kappa shape index (κ3) is 2.53. The Morgan fingerprint density at radius 3 is 2.70 bits per heavy atom. The molecule has 0 saturated heterocycles. The van der Waals surface area contributed by atoms with Gasteiger partial charge in [0.25, 0.3) is 0 Å². The molecule has 2 aromatic carbocycles. The van der Waals surface area contributed by atoms with Gasteiger partial charge in [-0.1, -0.05) is 40.2 Å². The van der Waals surface area contributed by atoms with Crippen LogP contribution < -0.4 is 5.32 Å². The van der Waals surface area contributed by atoms with Crippen LogP contribution in [0.4, 0.5) is 5.69 Å². The van der Waals surface area contributed by atoms with Crippen LogP contribution in [-0.4, -0.2) is 5.78 Å². The van der Waals surface area contributed by atoms with E-state index in [1.165, 1.54) is 11.1 Å². The second-order valence-electron chi connectivity index (χ2n) is 6.39. The molecule has 116 valence electrons. The van der Waals surface area contributed by atoms with E-state index in [4.69, 9.17) is 0 Å². The first kappa shape index (κ1) is 14.7. The van der Waals surface area contributed by atoms with E-state index in [2.05, 4.69) is 69.8 Å². The summed E-state index contributed by atoms with van der Waals surface area (Å²) in [7, 11) is 0. The summed E-state index contributed by atoms with van der Waals surface area (Å²) in [5, 5.41) is 3.70. The van der Waals surface area contributed by atoms with Gasteiger partial charge in [-0.25, -0.2) is 0 Å². The molecule has 0 bridgehead atoms. The molecule has 2 nitrogen and oxygen atoms in total. The van der Waals surface area contributed by atoms with Crippen LogP contribution in [0, 0.1) is 5.92 Å². The topological polar surface area (TPSA) is 29.1 Å². The average Bonchev–Trinajstić information content (AvgIpc) is 3.04. The van der Waals surface area contributed by atoms with Crippen LogP contribution in [0.2, 0.25) is 0 Å². The molecule has 0 fully saturated rings. The molecule has 23 heavy (non-hydrogen) atoms. The van der Waals surface area contributed by atoms with Crippen molar-refractivity contribution < 1.29 is 4.79 Å². The van der Waals surface area contributed by atoms with Gasteiger partial charge in [-0.05, 0) is 60.7 Å². The molecule has 0 amide bonds. The van der Waals surface area contributed by atoms with Gasteiger partial charge in [-0.2, -0.15) is 0 Å². The number of carbonyl (C=O) groups excluding carboxylic acids is 1. The Morgan fingerprint density at radius 2 is 1.96 bits per heavy atom. The molecule has 0 saturated carbocycles. The lowest BCUT2D eigenvalue weighted by Crippen LogP contribution is -2.29. The molecule has 0 radical (unpaired) electrons. The standard InChI is InChI=1S/C20H18BrNO/c1-12(23)14-7-10-19-18(11-14)16-3-2-4-17(16)20(22-19)13-5-8-15(21)9-6-13/h2-3,5-11,16-17,20,22H,4H2,1H3/t16-,17-,20-/m0/s1. The monoisotopic (exact) mass is 367 g/mol. The molecule has 1 aliphatic heterocycles. The number of allylic oxidation sites excluding steroid dienone is 2. The van der Waals surface area contributed by atoms with Crippen LogP contribution in [0.15, 0.2) is 59.1 Å². The summed E-state index contributed by atoms with van der Waals surface area (Å²) < 4.78 is 1.10. The highest BCUT2D eigenvalue weighted by Crippen LogP contribution is 2.49. The predicted molar refractivity (Wildman–Crippen MR) is 96.9 cm³/mol. The molecule has 1 heterocycles. The number of ketones is 1. The van der Waals surface area contributed by atoms with E-state index in [0.717, 1.165) is 22.1 Å². The number of benzene rings is 2. The number of nitrogens with one attached hydrogen (secondary N) is 1. The van der Waals surface area contributed by atoms with E-state index in [1.807, 2.05) is 6.07 Å². The van der Waals surface area contributed by atoms with Crippen molar-refractivity contribution in [2.45, 2.75) is 25.3 Å². The van der Waals surface area contributed by atoms with Crippen LogP contribution in [0.25, 0.3) is 0 Å². The molecule has 3 atom stereocenters. The number of rotatable bonds is 2. The fourth-order valence-electron chi connectivity index (χ4n) is 3.81. The van der Waals surface area contributed by atoms with Crippen molar-refractivity contribution in [1.82, 2.24) is 0 Å². The highest BCUT2D eigenvalue weighted by Gasteiger charge is 2.37. The van der Waals surface area contributed by atoms with Crippen molar-refractivity contribution in [3.05, 3.63) is 75.8 Å². The fourth-order valence-corrected chi connectivity index (χ4v) is 4.08. The molecule has 1 aliphatic carbocycles. The first-order chi connectivity index (χ1) is 11.1. The molecular weight excluding hydrogens is 350 g/mol. The minimum Gasteiger partial charge on any atom is -0.378 e. The van der Waals surface area contributed by atoms with Crippen molar-refractivity contribution in [1.29, 1.82) is 0 Å². The smallest absolute Gasteiger partial charge is 0.159 e. The Bertz CT molecular complexity index is 794. The number of halogens is 1. The Hall–Kier alpha value is -1.87. The minimum absolute atomic E-state index is 0.126. The van der Waals surface area contributed by atoms with Crippen molar-refractivity contribution in [3.63, 3.8) is 0 Å². The maximum atomic E-state index is 11.7. The third-order valence-corrected chi connectivity index (χ3v) is 5.53. The van der Waals surface area contributed by atoms with Crippen LogP contribution in [-0.2, 0) is 0 Å². The SMILES string of the molecule is CC(=O)c1ccc2c(c1)[C@H]1C=CC[C@@H]1[C@H](c1ccc(Br)cc1)N2. The molecule has 4 rings (SSSR count). The predicted octanol–water partition coefficient (Wildman–Crippen LogP) is 5.48. The third-order valence-electron chi connectivity index (χ3n) is 5.00. The van der Waals surface area contributed by atoms with E-state index in [-0.39, 0.29) is 5.78 Å². The first-order valence-corrected chi connectivity index (χ1v) is 8.76. The number of Topliss-reactive ketones (excluding diaryl/α,β-unsaturated/α-hetero) is 1. The van der Waals surface area contributed by atoms with Gasteiger partial charge in [0, 0.05) is 21.6 Å². The molecule has 2 aromatic rings. The van der Waals surface area contributed by atoms with Gasteiger partial charge in [0.15, 0.2) is 5.78 Å². The van der Waals surface area contributed by atoms with Crippen LogP contribution in [0.1, 0.15) is 46.8 Å².